The van der Waals surface area contributed by atoms with E-state index in [-0.39, 0.29) is 5.82 Å². The second kappa shape index (κ2) is 8.67. The van der Waals surface area contributed by atoms with Gasteiger partial charge in [-0.15, -0.1) is 0 Å². The van der Waals surface area contributed by atoms with Gasteiger partial charge < -0.3 is 14.1 Å². The zero-order valence-electron chi connectivity index (χ0n) is 18.5. The van der Waals surface area contributed by atoms with Crippen LogP contribution in [0.1, 0.15) is 11.3 Å². The van der Waals surface area contributed by atoms with Crippen molar-refractivity contribution >= 4 is 16.7 Å². The molecule has 3 aromatic carbocycles. The van der Waals surface area contributed by atoms with Gasteiger partial charge in [-0.3, -0.25) is 4.90 Å². The van der Waals surface area contributed by atoms with Gasteiger partial charge in [0.05, 0.1) is 12.8 Å². The molecule has 4 nitrogen and oxygen atoms in total. The molecule has 32 heavy (non-hydrogen) atoms. The van der Waals surface area contributed by atoms with E-state index < -0.39 is 0 Å². The van der Waals surface area contributed by atoms with E-state index in [4.69, 9.17) is 9.15 Å². The van der Waals surface area contributed by atoms with Gasteiger partial charge in [-0.2, -0.15) is 0 Å². The number of para-hydroxylation sites is 1. The Labute approximate surface area is 187 Å². The molecule has 0 atom stereocenters. The van der Waals surface area contributed by atoms with Crippen LogP contribution in [0.2, 0.25) is 0 Å². The van der Waals surface area contributed by atoms with Crippen LogP contribution in [-0.4, -0.2) is 38.2 Å². The van der Waals surface area contributed by atoms with Crippen molar-refractivity contribution in [2.24, 2.45) is 0 Å². The van der Waals surface area contributed by atoms with Gasteiger partial charge in [0, 0.05) is 49.2 Å². The predicted octanol–water partition coefficient (Wildman–Crippen LogP) is 5.88. The second-order valence-corrected chi connectivity index (χ2v) is 8.27. The lowest BCUT2D eigenvalue weighted by molar-refractivity contribution is 0.245. The van der Waals surface area contributed by atoms with Crippen LogP contribution in [0.4, 0.5) is 10.1 Å². The maximum absolute atomic E-state index is 14.1. The summed E-state index contributed by atoms with van der Waals surface area (Å²) in [6.45, 7) is 6.10. The number of anilines is 1. The van der Waals surface area contributed by atoms with E-state index in [1.165, 1.54) is 6.07 Å². The minimum Gasteiger partial charge on any atom is -0.496 e. The molecule has 5 rings (SSSR count). The van der Waals surface area contributed by atoms with Gasteiger partial charge in [0.2, 0.25) is 0 Å². The molecule has 0 amide bonds. The number of furan rings is 1. The van der Waals surface area contributed by atoms with Crippen molar-refractivity contribution in [3.8, 4) is 16.9 Å². The van der Waals surface area contributed by atoms with Crippen LogP contribution < -0.4 is 9.64 Å². The average Bonchev–Trinajstić information content (AvgIpc) is 3.14. The number of fused-ring (bicyclic) bond motifs is 1. The third kappa shape index (κ3) is 3.84. The molecule has 1 aromatic heterocycles. The molecule has 4 aromatic rings. The fraction of sp³-hybridized carbons (Fsp3) is 0.259. The van der Waals surface area contributed by atoms with E-state index in [2.05, 4.69) is 34.1 Å². The Morgan fingerprint density at radius 3 is 2.38 bits per heavy atom. The van der Waals surface area contributed by atoms with Gasteiger partial charge in [-0.05, 0) is 36.8 Å². The molecule has 0 saturated carbocycles. The molecule has 0 unspecified atom stereocenters. The highest BCUT2D eigenvalue weighted by Gasteiger charge is 2.22. The standard InChI is InChI=1S/C27H27FN2O2/c1-19-27(20-8-4-3-5-9-20)22-17-25(31-2)21(16-26(22)32-19)18-29-12-14-30(15-13-29)24-11-7-6-10-23(24)28/h3-11,16-17H,12-15,18H2,1-2H3. The summed E-state index contributed by atoms with van der Waals surface area (Å²) >= 11 is 0. The lowest BCUT2D eigenvalue weighted by Gasteiger charge is -2.36. The molecular formula is C27H27FN2O2. The lowest BCUT2D eigenvalue weighted by Crippen LogP contribution is -2.46. The zero-order chi connectivity index (χ0) is 22.1. The summed E-state index contributed by atoms with van der Waals surface area (Å²) in [6.07, 6.45) is 0. The fourth-order valence-electron chi connectivity index (χ4n) is 4.66. The Bertz CT molecular complexity index is 1230. The monoisotopic (exact) mass is 430 g/mol. The smallest absolute Gasteiger partial charge is 0.146 e. The number of methoxy groups -OCH3 is 1. The first kappa shape index (κ1) is 20.6. The molecule has 1 aliphatic rings. The van der Waals surface area contributed by atoms with E-state index in [9.17, 15) is 4.39 Å². The van der Waals surface area contributed by atoms with Gasteiger partial charge in [0.1, 0.15) is 22.9 Å². The number of ether oxygens (including phenoxy) is 1. The molecule has 0 spiro atoms. The summed E-state index contributed by atoms with van der Waals surface area (Å²) in [6, 6.07) is 21.5. The largest absolute Gasteiger partial charge is 0.496 e. The highest BCUT2D eigenvalue weighted by atomic mass is 19.1. The van der Waals surface area contributed by atoms with E-state index in [1.807, 2.05) is 37.3 Å². The molecule has 0 N–H and O–H groups in total. The first-order chi connectivity index (χ1) is 15.6. The number of hydrogen-bond donors (Lipinski definition) is 0. The molecule has 164 valence electrons. The van der Waals surface area contributed by atoms with Gasteiger partial charge in [0.15, 0.2) is 0 Å². The van der Waals surface area contributed by atoms with Gasteiger partial charge in [-0.1, -0.05) is 42.5 Å². The van der Waals surface area contributed by atoms with E-state index in [0.717, 1.165) is 71.9 Å². The Morgan fingerprint density at radius 1 is 0.938 bits per heavy atom. The topological polar surface area (TPSA) is 28.9 Å². The van der Waals surface area contributed by atoms with Crippen molar-refractivity contribution in [2.75, 3.05) is 38.2 Å². The van der Waals surface area contributed by atoms with E-state index >= 15 is 0 Å². The van der Waals surface area contributed by atoms with Crippen molar-refractivity contribution in [3.05, 3.63) is 83.9 Å². The van der Waals surface area contributed by atoms with Crippen molar-refractivity contribution in [3.63, 3.8) is 0 Å². The summed E-state index contributed by atoms with van der Waals surface area (Å²) in [4.78, 5) is 4.50. The van der Waals surface area contributed by atoms with Crippen LogP contribution in [0.15, 0.2) is 71.1 Å². The average molecular weight is 431 g/mol. The highest BCUT2D eigenvalue weighted by molar-refractivity contribution is 5.97. The molecule has 2 heterocycles. The maximum atomic E-state index is 14.1. The molecule has 1 saturated heterocycles. The van der Waals surface area contributed by atoms with Crippen molar-refractivity contribution in [1.29, 1.82) is 0 Å². The summed E-state index contributed by atoms with van der Waals surface area (Å²) in [5, 5.41) is 1.07. The first-order valence-corrected chi connectivity index (χ1v) is 11.0. The first-order valence-electron chi connectivity index (χ1n) is 11.0. The molecular weight excluding hydrogens is 403 g/mol. The molecule has 0 aliphatic carbocycles. The van der Waals surface area contributed by atoms with Crippen molar-refractivity contribution < 1.29 is 13.5 Å². The molecule has 5 heteroatoms. The van der Waals surface area contributed by atoms with Gasteiger partial charge in [0.25, 0.3) is 0 Å². The number of nitrogens with zero attached hydrogens (tertiary/aromatic N) is 2. The van der Waals surface area contributed by atoms with Crippen LogP contribution in [0, 0.1) is 12.7 Å². The highest BCUT2D eigenvalue weighted by Crippen LogP contribution is 2.38. The van der Waals surface area contributed by atoms with Crippen LogP contribution in [0.3, 0.4) is 0 Å². The number of hydrogen-bond acceptors (Lipinski definition) is 4. The fourth-order valence-corrected chi connectivity index (χ4v) is 4.66. The quantitative estimate of drug-likeness (QED) is 0.395. The summed E-state index contributed by atoms with van der Waals surface area (Å²) in [7, 11) is 1.72. The minimum absolute atomic E-state index is 0.157. The van der Waals surface area contributed by atoms with Crippen molar-refractivity contribution in [2.45, 2.75) is 13.5 Å². The third-order valence-electron chi connectivity index (χ3n) is 6.29. The van der Waals surface area contributed by atoms with Gasteiger partial charge >= 0.3 is 0 Å². The second-order valence-electron chi connectivity index (χ2n) is 8.27. The number of benzene rings is 3. The SMILES string of the molecule is COc1cc2c(-c3ccccc3)c(C)oc2cc1CN1CCN(c2ccccc2F)CC1. The number of rotatable bonds is 5. The number of aryl methyl sites for hydroxylation is 1. The molecule has 1 fully saturated rings. The van der Waals surface area contributed by atoms with Crippen LogP contribution in [0.5, 0.6) is 5.75 Å². The van der Waals surface area contributed by atoms with E-state index in [0.29, 0.717) is 5.69 Å². The number of halogens is 1. The van der Waals surface area contributed by atoms with Gasteiger partial charge in [-0.25, -0.2) is 4.39 Å². The molecule has 0 radical (unpaired) electrons. The molecule has 0 bridgehead atoms. The Hall–Kier alpha value is -3.31. The maximum Gasteiger partial charge on any atom is 0.146 e. The predicted molar refractivity (Wildman–Crippen MR) is 127 cm³/mol. The summed E-state index contributed by atoms with van der Waals surface area (Å²) in [5.74, 6) is 1.62. The van der Waals surface area contributed by atoms with E-state index in [1.54, 1.807) is 13.2 Å². The summed E-state index contributed by atoms with van der Waals surface area (Å²) in [5.41, 5.74) is 4.92. The summed E-state index contributed by atoms with van der Waals surface area (Å²) < 4.78 is 26.1. The third-order valence-corrected chi connectivity index (χ3v) is 6.29. The Balaban J connectivity index is 1.38. The minimum atomic E-state index is -0.157. The van der Waals surface area contributed by atoms with Crippen LogP contribution in [0.25, 0.3) is 22.1 Å². The molecule has 1 aliphatic heterocycles. The van der Waals surface area contributed by atoms with Crippen LogP contribution >= 0.6 is 0 Å². The Kier molecular flexibility index (Phi) is 5.58. The normalized spacial score (nSPS) is 14.8. The van der Waals surface area contributed by atoms with Crippen molar-refractivity contribution in [1.82, 2.24) is 4.90 Å². The lowest BCUT2D eigenvalue weighted by atomic mass is 10.0. The zero-order valence-corrected chi connectivity index (χ0v) is 18.5. The Morgan fingerprint density at radius 2 is 1.66 bits per heavy atom. The van der Waals surface area contributed by atoms with Crippen LogP contribution in [-0.2, 0) is 6.54 Å². The number of piperazine rings is 1.